The summed E-state index contributed by atoms with van der Waals surface area (Å²) in [6.07, 6.45) is -1.02. The van der Waals surface area contributed by atoms with E-state index in [1.54, 1.807) is 7.11 Å². The Bertz CT molecular complexity index is 590. The Hall–Kier alpha value is -2.00. The highest BCUT2D eigenvalue weighted by Crippen LogP contribution is 2.26. The Morgan fingerprint density at radius 2 is 1.67 bits per heavy atom. The molecular formula is C18H22O3. The lowest BCUT2D eigenvalue weighted by Gasteiger charge is -2.22. The van der Waals surface area contributed by atoms with Crippen molar-refractivity contribution < 1.29 is 14.6 Å². The van der Waals surface area contributed by atoms with Crippen molar-refractivity contribution >= 4 is 0 Å². The number of ether oxygens (including phenoxy) is 2. The zero-order valence-electron chi connectivity index (χ0n) is 13.0. The van der Waals surface area contributed by atoms with Crippen molar-refractivity contribution in [2.45, 2.75) is 33.0 Å². The zero-order chi connectivity index (χ0) is 15.4. The molecule has 21 heavy (non-hydrogen) atoms. The van der Waals surface area contributed by atoms with Gasteiger partial charge in [-0.1, -0.05) is 29.8 Å². The largest absolute Gasteiger partial charge is 0.497 e. The number of benzene rings is 2. The molecule has 0 aliphatic carbocycles. The number of aliphatic hydroxyl groups is 1. The van der Waals surface area contributed by atoms with Crippen LogP contribution < -0.4 is 9.47 Å². The van der Waals surface area contributed by atoms with Gasteiger partial charge in [0.1, 0.15) is 23.7 Å². The van der Waals surface area contributed by atoms with E-state index in [9.17, 15) is 5.11 Å². The topological polar surface area (TPSA) is 38.7 Å². The third-order valence-electron chi connectivity index (χ3n) is 3.55. The van der Waals surface area contributed by atoms with Crippen LogP contribution in [0.2, 0.25) is 0 Å². The van der Waals surface area contributed by atoms with Gasteiger partial charge in [-0.15, -0.1) is 0 Å². The molecule has 2 aromatic carbocycles. The van der Waals surface area contributed by atoms with Gasteiger partial charge in [-0.2, -0.15) is 0 Å². The fraction of sp³-hybridized carbons (Fsp3) is 0.333. The number of aliphatic hydroxyl groups excluding tert-OH is 1. The van der Waals surface area contributed by atoms with E-state index in [0.29, 0.717) is 0 Å². The summed E-state index contributed by atoms with van der Waals surface area (Å²) in [5.74, 6) is 1.58. The monoisotopic (exact) mass is 286 g/mol. The zero-order valence-corrected chi connectivity index (χ0v) is 13.0. The van der Waals surface area contributed by atoms with Gasteiger partial charge in [0.15, 0.2) is 0 Å². The SMILES string of the molecule is COc1ccc(C(O)C(C)Oc2ccc(C)cc2C)cc1. The summed E-state index contributed by atoms with van der Waals surface area (Å²) >= 11 is 0. The van der Waals surface area contributed by atoms with Crippen LogP contribution in [-0.2, 0) is 0 Å². The molecule has 2 aromatic rings. The van der Waals surface area contributed by atoms with Gasteiger partial charge in [0.05, 0.1) is 7.11 Å². The molecule has 1 N–H and O–H groups in total. The van der Waals surface area contributed by atoms with E-state index < -0.39 is 6.10 Å². The maximum absolute atomic E-state index is 10.4. The van der Waals surface area contributed by atoms with E-state index in [1.165, 1.54) is 5.56 Å². The molecule has 0 aliphatic heterocycles. The van der Waals surface area contributed by atoms with Gasteiger partial charge in [0.2, 0.25) is 0 Å². The van der Waals surface area contributed by atoms with Gasteiger partial charge < -0.3 is 14.6 Å². The van der Waals surface area contributed by atoms with Gasteiger partial charge >= 0.3 is 0 Å². The van der Waals surface area contributed by atoms with Crippen LogP contribution in [0.15, 0.2) is 42.5 Å². The molecule has 0 heterocycles. The number of methoxy groups -OCH3 is 1. The lowest BCUT2D eigenvalue weighted by molar-refractivity contribution is 0.0463. The third-order valence-corrected chi connectivity index (χ3v) is 3.55. The predicted octanol–water partition coefficient (Wildman–Crippen LogP) is 3.81. The van der Waals surface area contributed by atoms with Crippen molar-refractivity contribution in [1.82, 2.24) is 0 Å². The summed E-state index contributed by atoms with van der Waals surface area (Å²) in [7, 11) is 1.62. The summed E-state index contributed by atoms with van der Waals surface area (Å²) in [4.78, 5) is 0. The van der Waals surface area contributed by atoms with E-state index in [4.69, 9.17) is 9.47 Å². The summed E-state index contributed by atoms with van der Waals surface area (Å²) in [5, 5.41) is 10.4. The molecule has 0 aromatic heterocycles. The van der Waals surface area contributed by atoms with Crippen LogP contribution in [0.4, 0.5) is 0 Å². The molecule has 0 saturated heterocycles. The Balaban J connectivity index is 2.09. The standard InChI is InChI=1S/C18H22O3/c1-12-5-10-17(13(2)11-12)21-14(3)18(19)15-6-8-16(20-4)9-7-15/h5-11,14,18-19H,1-4H3. The van der Waals surface area contributed by atoms with E-state index in [0.717, 1.165) is 22.6 Å². The van der Waals surface area contributed by atoms with Gasteiger partial charge in [-0.25, -0.2) is 0 Å². The lowest BCUT2D eigenvalue weighted by atomic mass is 10.0. The van der Waals surface area contributed by atoms with E-state index >= 15 is 0 Å². The van der Waals surface area contributed by atoms with Crippen molar-refractivity contribution in [3.63, 3.8) is 0 Å². The number of hydrogen-bond donors (Lipinski definition) is 1. The van der Waals surface area contributed by atoms with Crippen molar-refractivity contribution in [1.29, 1.82) is 0 Å². The van der Waals surface area contributed by atoms with Crippen LogP contribution in [-0.4, -0.2) is 18.3 Å². The van der Waals surface area contributed by atoms with Crippen LogP contribution in [0.25, 0.3) is 0 Å². The molecule has 2 unspecified atom stereocenters. The minimum Gasteiger partial charge on any atom is -0.497 e. The first-order chi connectivity index (χ1) is 10.0. The Kier molecular flexibility index (Phi) is 4.86. The molecule has 2 rings (SSSR count). The second-order valence-electron chi connectivity index (χ2n) is 5.31. The Labute approximate surface area is 126 Å². The lowest BCUT2D eigenvalue weighted by Crippen LogP contribution is -2.22. The minimum absolute atomic E-state index is 0.334. The molecule has 0 saturated carbocycles. The smallest absolute Gasteiger partial charge is 0.126 e. The van der Waals surface area contributed by atoms with Crippen LogP contribution in [0.3, 0.4) is 0 Å². The number of rotatable bonds is 5. The predicted molar refractivity (Wildman–Crippen MR) is 84.0 cm³/mol. The summed E-state index contributed by atoms with van der Waals surface area (Å²) in [6, 6.07) is 13.4. The molecule has 3 nitrogen and oxygen atoms in total. The molecule has 112 valence electrons. The third kappa shape index (κ3) is 3.76. The van der Waals surface area contributed by atoms with Crippen molar-refractivity contribution in [3.05, 3.63) is 59.2 Å². The molecule has 3 heteroatoms. The van der Waals surface area contributed by atoms with Gasteiger partial charge in [-0.3, -0.25) is 0 Å². The highest BCUT2D eigenvalue weighted by Gasteiger charge is 2.18. The van der Waals surface area contributed by atoms with Crippen LogP contribution in [0.1, 0.15) is 29.7 Å². The van der Waals surface area contributed by atoms with Crippen LogP contribution in [0.5, 0.6) is 11.5 Å². The van der Waals surface area contributed by atoms with Crippen LogP contribution >= 0.6 is 0 Å². The quantitative estimate of drug-likeness (QED) is 0.908. The van der Waals surface area contributed by atoms with E-state index in [-0.39, 0.29) is 6.10 Å². The normalized spacial score (nSPS) is 13.6. The highest BCUT2D eigenvalue weighted by atomic mass is 16.5. The van der Waals surface area contributed by atoms with Crippen molar-refractivity contribution in [3.8, 4) is 11.5 Å². The van der Waals surface area contributed by atoms with Crippen molar-refractivity contribution in [2.24, 2.45) is 0 Å². The van der Waals surface area contributed by atoms with E-state index in [2.05, 4.69) is 6.07 Å². The van der Waals surface area contributed by atoms with Crippen LogP contribution in [0, 0.1) is 13.8 Å². The average Bonchev–Trinajstić information content (AvgIpc) is 2.49. The fourth-order valence-electron chi connectivity index (χ4n) is 2.27. The summed E-state index contributed by atoms with van der Waals surface area (Å²) < 4.78 is 11.0. The fourth-order valence-corrected chi connectivity index (χ4v) is 2.27. The number of hydrogen-bond acceptors (Lipinski definition) is 3. The van der Waals surface area contributed by atoms with Gasteiger partial charge in [0, 0.05) is 0 Å². The molecular weight excluding hydrogens is 264 g/mol. The van der Waals surface area contributed by atoms with Gasteiger partial charge in [0.25, 0.3) is 0 Å². The minimum atomic E-state index is -0.684. The summed E-state index contributed by atoms with van der Waals surface area (Å²) in [6.45, 7) is 5.93. The molecule has 0 amide bonds. The molecule has 0 bridgehead atoms. The molecule has 2 atom stereocenters. The Morgan fingerprint density at radius 1 is 1.00 bits per heavy atom. The molecule has 0 fully saturated rings. The number of aryl methyl sites for hydroxylation is 2. The maximum atomic E-state index is 10.4. The van der Waals surface area contributed by atoms with Gasteiger partial charge in [-0.05, 0) is 50.1 Å². The first-order valence-electron chi connectivity index (χ1n) is 7.07. The second kappa shape index (κ2) is 6.64. The van der Waals surface area contributed by atoms with E-state index in [1.807, 2.05) is 57.2 Å². The second-order valence-corrected chi connectivity index (χ2v) is 5.31. The molecule has 0 spiro atoms. The molecule has 0 aliphatic rings. The first kappa shape index (κ1) is 15.4. The summed E-state index contributed by atoms with van der Waals surface area (Å²) in [5.41, 5.74) is 3.08. The Morgan fingerprint density at radius 3 is 2.24 bits per heavy atom. The molecule has 0 radical (unpaired) electrons. The van der Waals surface area contributed by atoms with Crippen molar-refractivity contribution in [2.75, 3.05) is 7.11 Å². The maximum Gasteiger partial charge on any atom is 0.126 e. The highest BCUT2D eigenvalue weighted by molar-refractivity contribution is 5.36. The average molecular weight is 286 g/mol. The first-order valence-corrected chi connectivity index (χ1v) is 7.07.